The average molecular weight is 325 g/mol. The van der Waals surface area contributed by atoms with Gasteiger partial charge in [-0.05, 0) is 50.6 Å². The van der Waals surface area contributed by atoms with Crippen LogP contribution in [0.2, 0.25) is 0 Å². The number of hydrogen-bond acceptors (Lipinski definition) is 3. The molecule has 0 aromatic heterocycles. The maximum atomic E-state index is 12.6. The molecule has 1 amide bonds. The molecule has 4 heteroatoms. The zero-order chi connectivity index (χ0) is 17.5. The molecule has 4 nitrogen and oxygen atoms in total. The van der Waals surface area contributed by atoms with E-state index < -0.39 is 0 Å². The smallest absolute Gasteiger partial charge is 0.259 e. The number of carbonyl (C=O) groups excluding carboxylic acids is 1. The van der Waals surface area contributed by atoms with E-state index in [2.05, 4.69) is 11.9 Å². The molecule has 0 saturated carbocycles. The van der Waals surface area contributed by atoms with Crippen molar-refractivity contribution in [1.29, 1.82) is 0 Å². The van der Waals surface area contributed by atoms with Gasteiger partial charge < -0.3 is 14.8 Å². The Bertz CT molecular complexity index is 722. The fraction of sp³-hybridized carbons (Fsp3) is 0.250. The summed E-state index contributed by atoms with van der Waals surface area (Å²) in [6, 6.07) is 14.5. The van der Waals surface area contributed by atoms with Crippen molar-refractivity contribution in [1.82, 2.24) is 0 Å². The van der Waals surface area contributed by atoms with Gasteiger partial charge in [-0.1, -0.05) is 24.8 Å². The zero-order valence-corrected chi connectivity index (χ0v) is 14.3. The quantitative estimate of drug-likeness (QED) is 0.752. The second-order valence-electron chi connectivity index (χ2n) is 5.89. The Labute approximate surface area is 143 Å². The number of anilines is 1. The predicted octanol–water partition coefficient (Wildman–Crippen LogP) is 4.68. The Balaban J connectivity index is 2.14. The lowest BCUT2D eigenvalue weighted by molar-refractivity contribution is 0.102. The van der Waals surface area contributed by atoms with Crippen molar-refractivity contribution in [2.75, 3.05) is 11.9 Å². The number of nitrogens with one attached hydrogen (secondary N) is 1. The predicted molar refractivity (Wildman–Crippen MR) is 96.9 cm³/mol. The minimum atomic E-state index is -0.228. The van der Waals surface area contributed by atoms with Crippen LogP contribution < -0.4 is 14.8 Å². The number of hydrogen-bond donors (Lipinski definition) is 1. The summed E-state index contributed by atoms with van der Waals surface area (Å²) in [4.78, 5) is 12.6. The molecule has 0 saturated heterocycles. The van der Waals surface area contributed by atoms with Crippen molar-refractivity contribution in [3.05, 3.63) is 66.2 Å². The van der Waals surface area contributed by atoms with Gasteiger partial charge in [0.15, 0.2) is 0 Å². The van der Waals surface area contributed by atoms with Gasteiger partial charge in [0, 0.05) is 11.8 Å². The Morgan fingerprint density at radius 1 is 1.17 bits per heavy atom. The van der Waals surface area contributed by atoms with Crippen LogP contribution in [-0.2, 0) is 0 Å². The first-order valence-corrected chi connectivity index (χ1v) is 7.90. The van der Waals surface area contributed by atoms with Gasteiger partial charge in [-0.15, -0.1) is 0 Å². The van der Waals surface area contributed by atoms with Crippen LogP contribution in [0.3, 0.4) is 0 Å². The molecular weight excluding hydrogens is 302 g/mol. The van der Waals surface area contributed by atoms with E-state index in [9.17, 15) is 4.79 Å². The van der Waals surface area contributed by atoms with E-state index in [1.165, 1.54) is 0 Å². The lowest BCUT2D eigenvalue weighted by Crippen LogP contribution is -2.14. The molecule has 24 heavy (non-hydrogen) atoms. The lowest BCUT2D eigenvalue weighted by Gasteiger charge is -2.13. The molecule has 2 aromatic carbocycles. The van der Waals surface area contributed by atoms with Crippen LogP contribution in [0, 0.1) is 0 Å². The van der Waals surface area contributed by atoms with Gasteiger partial charge in [-0.25, -0.2) is 0 Å². The van der Waals surface area contributed by atoms with Crippen molar-refractivity contribution in [2.24, 2.45) is 0 Å². The summed E-state index contributed by atoms with van der Waals surface area (Å²) in [6.45, 7) is 9.98. The third-order valence-electron chi connectivity index (χ3n) is 3.07. The summed E-state index contributed by atoms with van der Waals surface area (Å²) in [5.41, 5.74) is 2.05. The minimum Gasteiger partial charge on any atom is -0.491 e. The van der Waals surface area contributed by atoms with E-state index in [0.717, 1.165) is 11.3 Å². The van der Waals surface area contributed by atoms with Gasteiger partial charge in [0.1, 0.15) is 18.1 Å². The summed E-state index contributed by atoms with van der Waals surface area (Å²) in [5.74, 6) is 1.02. The highest BCUT2D eigenvalue weighted by molar-refractivity contribution is 6.06. The Hall–Kier alpha value is -2.75. The van der Waals surface area contributed by atoms with Crippen molar-refractivity contribution in [3.63, 3.8) is 0 Å². The van der Waals surface area contributed by atoms with E-state index in [4.69, 9.17) is 9.47 Å². The van der Waals surface area contributed by atoms with E-state index in [0.29, 0.717) is 23.6 Å². The third kappa shape index (κ3) is 5.16. The number of ether oxygens (including phenoxy) is 2. The van der Waals surface area contributed by atoms with Crippen LogP contribution in [0.5, 0.6) is 11.5 Å². The molecule has 0 atom stereocenters. The molecule has 0 spiro atoms. The monoisotopic (exact) mass is 325 g/mol. The molecule has 1 N–H and O–H groups in total. The maximum Gasteiger partial charge on any atom is 0.259 e. The van der Waals surface area contributed by atoms with Crippen LogP contribution >= 0.6 is 0 Å². The average Bonchev–Trinajstić information content (AvgIpc) is 2.53. The molecule has 0 unspecified atom stereocenters. The normalized spacial score (nSPS) is 10.3. The van der Waals surface area contributed by atoms with Crippen molar-refractivity contribution in [3.8, 4) is 11.5 Å². The first kappa shape index (κ1) is 17.6. The molecule has 0 bridgehead atoms. The largest absolute Gasteiger partial charge is 0.491 e. The number of amides is 1. The Kier molecular flexibility index (Phi) is 6.01. The summed E-state index contributed by atoms with van der Waals surface area (Å²) in [7, 11) is 0. The van der Waals surface area contributed by atoms with Crippen LogP contribution in [0.15, 0.2) is 60.7 Å². The molecule has 0 heterocycles. The second-order valence-corrected chi connectivity index (χ2v) is 5.89. The third-order valence-corrected chi connectivity index (χ3v) is 3.07. The highest BCUT2D eigenvalue weighted by atomic mass is 16.5. The van der Waals surface area contributed by atoms with Gasteiger partial charge in [0.25, 0.3) is 5.91 Å². The molecule has 2 rings (SSSR count). The number of benzene rings is 2. The van der Waals surface area contributed by atoms with Crippen LogP contribution in [-0.4, -0.2) is 18.6 Å². The zero-order valence-electron chi connectivity index (χ0n) is 14.3. The number of carbonyl (C=O) groups is 1. The molecule has 0 fully saturated rings. The topological polar surface area (TPSA) is 47.6 Å². The van der Waals surface area contributed by atoms with Crippen LogP contribution in [0.25, 0.3) is 0 Å². The first-order valence-electron chi connectivity index (χ1n) is 7.90. The van der Waals surface area contributed by atoms with E-state index in [1.54, 1.807) is 24.3 Å². The highest BCUT2D eigenvalue weighted by Crippen LogP contribution is 2.22. The summed E-state index contributed by atoms with van der Waals surface area (Å²) >= 11 is 0. The van der Waals surface area contributed by atoms with Gasteiger partial charge in [0.2, 0.25) is 0 Å². The summed E-state index contributed by atoms with van der Waals surface area (Å²) in [5, 5.41) is 2.88. The summed E-state index contributed by atoms with van der Waals surface area (Å²) < 4.78 is 11.3. The standard InChI is InChI=1S/C20H23NO3/c1-14(2)13-23-19-11-6-5-10-18(19)20(22)21-16-8-7-9-17(12-16)24-15(3)4/h5-12,15H,1,13H2,2-4H3,(H,21,22). The van der Waals surface area contributed by atoms with Crippen molar-refractivity contribution >= 4 is 11.6 Å². The molecule has 0 aliphatic carbocycles. The number of rotatable bonds is 7. The number of para-hydroxylation sites is 1. The van der Waals surface area contributed by atoms with E-state index in [-0.39, 0.29) is 12.0 Å². The molecule has 0 radical (unpaired) electrons. The Morgan fingerprint density at radius 3 is 2.62 bits per heavy atom. The van der Waals surface area contributed by atoms with Crippen LogP contribution in [0.1, 0.15) is 31.1 Å². The first-order chi connectivity index (χ1) is 11.5. The molecule has 0 aliphatic rings. The highest BCUT2D eigenvalue weighted by Gasteiger charge is 2.13. The van der Waals surface area contributed by atoms with E-state index >= 15 is 0 Å². The molecule has 126 valence electrons. The fourth-order valence-electron chi connectivity index (χ4n) is 2.10. The summed E-state index contributed by atoms with van der Waals surface area (Å²) in [6.07, 6.45) is 0.0761. The second kappa shape index (κ2) is 8.20. The Morgan fingerprint density at radius 2 is 1.92 bits per heavy atom. The lowest BCUT2D eigenvalue weighted by atomic mass is 10.1. The van der Waals surface area contributed by atoms with Crippen molar-refractivity contribution < 1.29 is 14.3 Å². The van der Waals surface area contributed by atoms with Gasteiger partial charge in [-0.3, -0.25) is 4.79 Å². The SMILES string of the molecule is C=C(C)COc1ccccc1C(=O)Nc1cccc(OC(C)C)c1. The van der Waals surface area contributed by atoms with Gasteiger partial charge >= 0.3 is 0 Å². The van der Waals surface area contributed by atoms with Crippen LogP contribution in [0.4, 0.5) is 5.69 Å². The van der Waals surface area contributed by atoms with Gasteiger partial charge in [-0.2, -0.15) is 0 Å². The molecule has 0 aliphatic heterocycles. The van der Waals surface area contributed by atoms with E-state index in [1.807, 2.05) is 45.0 Å². The molecule has 2 aromatic rings. The van der Waals surface area contributed by atoms with Gasteiger partial charge in [0.05, 0.1) is 11.7 Å². The minimum absolute atomic E-state index is 0.0761. The fourth-order valence-corrected chi connectivity index (χ4v) is 2.10. The van der Waals surface area contributed by atoms with Crippen molar-refractivity contribution in [2.45, 2.75) is 26.9 Å². The molecular formula is C20H23NO3. The maximum absolute atomic E-state index is 12.6.